The van der Waals surface area contributed by atoms with E-state index in [1.807, 2.05) is 6.07 Å². The first-order valence-corrected chi connectivity index (χ1v) is 6.12. The van der Waals surface area contributed by atoms with Crippen molar-refractivity contribution in [1.29, 1.82) is 5.26 Å². The minimum absolute atomic E-state index is 0.343. The lowest BCUT2D eigenvalue weighted by atomic mass is 10.1. The number of rotatable bonds is 6. The molecule has 0 aliphatic rings. The van der Waals surface area contributed by atoms with Gasteiger partial charge >= 0.3 is 0 Å². The summed E-state index contributed by atoms with van der Waals surface area (Å²) in [6.45, 7) is 4.91. The van der Waals surface area contributed by atoms with E-state index in [0.29, 0.717) is 18.2 Å². The molecule has 0 aliphatic carbocycles. The van der Waals surface area contributed by atoms with Crippen LogP contribution in [0.15, 0.2) is 18.2 Å². The van der Waals surface area contributed by atoms with E-state index in [0.717, 1.165) is 24.8 Å². The molecule has 2 nitrogen and oxygen atoms in total. The van der Waals surface area contributed by atoms with Crippen molar-refractivity contribution in [1.82, 2.24) is 5.32 Å². The van der Waals surface area contributed by atoms with Gasteiger partial charge in [0.25, 0.3) is 0 Å². The predicted octanol–water partition coefficient (Wildman–Crippen LogP) is 3.37. The molecule has 0 saturated carbocycles. The summed E-state index contributed by atoms with van der Waals surface area (Å²) in [5.74, 6) is -0.343. The third kappa shape index (κ3) is 4.54. The van der Waals surface area contributed by atoms with Crippen molar-refractivity contribution in [2.45, 2.75) is 45.7 Å². The molecular weight excluding hydrogens is 215 g/mol. The minimum atomic E-state index is -0.343. The first-order chi connectivity index (χ1) is 8.19. The highest BCUT2D eigenvalue weighted by Crippen LogP contribution is 2.09. The van der Waals surface area contributed by atoms with Gasteiger partial charge in [-0.25, -0.2) is 4.39 Å². The summed E-state index contributed by atoms with van der Waals surface area (Å²) < 4.78 is 13.2. The molecule has 1 aromatic rings. The van der Waals surface area contributed by atoms with E-state index in [2.05, 4.69) is 19.2 Å². The maximum absolute atomic E-state index is 13.2. The molecule has 3 heteroatoms. The molecule has 92 valence electrons. The lowest BCUT2D eigenvalue weighted by Gasteiger charge is -2.16. The predicted molar refractivity (Wildman–Crippen MR) is 66.9 cm³/mol. The molecule has 1 N–H and O–H groups in total. The van der Waals surface area contributed by atoms with Crippen LogP contribution < -0.4 is 5.32 Å². The Bertz CT molecular complexity index is 396. The van der Waals surface area contributed by atoms with Gasteiger partial charge in [0.2, 0.25) is 0 Å². The number of hydrogen-bond donors (Lipinski definition) is 1. The maximum Gasteiger partial charge on any atom is 0.124 e. The van der Waals surface area contributed by atoms with Crippen LogP contribution in [0, 0.1) is 17.1 Å². The summed E-state index contributed by atoms with van der Waals surface area (Å²) in [6, 6.07) is 6.90. The normalized spacial score (nSPS) is 12.1. The van der Waals surface area contributed by atoms with Gasteiger partial charge in [-0.05, 0) is 36.6 Å². The second kappa shape index (κ2) is 7.03. The number of benzene rings is 1. The highest BCUT2D eigenvalue weighted by molar-refractivity contribution is 5.33. The van der Waals surface area contributed by atoms with Crippen LogP contribution in [-0.4, -0.2) is 6.04 Å². The van der Waals surface area contributed by atoms with Crippen molar-refractivity contribution in [2.24, 2.45) is 0 Å². The average Bonchev–Trinajstić information content (AvgIpc) is 2.33. The van der Waals surface area contributed by atoms with Crippen LogP contribution in [0.25, 0.3) is 0 Å². The van der Waals surface area contributed by atoms with Crippen LogP contribution in [-0.2, 0) is 6.54 Å². The Balaban J connectivity index is 2.62. The van der Waals surface area contributed by atoms with Crippen molar-refractivity contribution in [3.8, 4) is 6.07 Å². The minimum Gasteiger partial charge on any atom is -0.310 e. The summed E-state index contributed by atoms with van der Waals surface area (Å²) in [4.78, 5) is 0. The number of nitrogens with zero attached hydrogens (tertiary/aromatic N) is 1. The lowest BCUT2D eigenvalue weighted by molar-refractivity contribution is 0.461. The molecule has 0 saturated heterocycles. The van der Waals surface area contributed by atoms with Gasteiger partial charge in [-0.2, -0.15) is 5.26 Å². The van der Waals surface area contributed by atoms with Crippen molar-refractivity contribution in [3.63, 3.8) is 0 Å². The molecule has 1 unspecified atom stereocenters. The zero-order valence-electron chi connectivity index (χ0n) is 10.5. The summed E-state index contributed by atoms with van der Waals surface area (Å²) in [7, 11) is 0. The zero-order chi connectivity index (χ0) is 12.7. The Labute approximate surface area is 102 Å². The Morgan fingerprint density at radius 2 is 2.12 bits per heavy atom. The molecule has 0 aliphatic heterocycles. The van der Waals surface area contributed by atoms with Gasteiger partial charge in [0.05, 0.1) is 11.6 Å². The second-order valence-corrected chi connectivity index (χ2v) is 4.23. The van der Waals surface area contributed by atoms with Crippen LogP contribution in [0.4, 0.5) is 4.39 Å². The van der Waals surface area contributed by atoms with Crippen molar-refractivity contribution in [2.75, 3.05) is 0 Å². The molecule has 0 bridgehead atoms. The Morgan fingerprint density at radius 1 is 1.35 bits per heavy atom. The molecule has 17 heavy (non-hydrogen) atoms. The highest BCUT2D eigenvalue weighted by Gasteiger charge is 2.05. The van der Waals surface area contributed by atoms with E-state index in [9.17, 15) is 4.39 Å². The average molecular weight is 234 g/mol. The SMILES string of the molecule is CCCC(CC)NCc1cc(F)cc(C#N)c1. The fourth-order valence-electron chi connectivity index (χ4n) is 1.88. The first-order valence-electron chi connectivity index (χ1n) is 6.12. The fourth-order valence-corrected chi connectivity index (χ4v) is 1.88. The molecule has 1 aromatic carbocycles. The molecule has 0 heterocycles. The van der Waals surface area contributed by atoms with E-state index >= 15 is 0 Å². The summed E-state index contributed by atoms with van der Waals surface area (Å²) in [5, 5.41) is 12.1. The maximum atomic E-state index is 13.2. The Kier molecular flexibility index (Phi) is 5.65. The first kappa shape index (κ1) is 13.7. The molecule has 0 spiro atoms. The highest BCUT2D eigenvalue weighted by atomic mass is 19.1. The van der Waals surface area contributed by atoms with Gasteiger partial charge in [0, 0.05) is 12.6 Å². The van der Waals surface area contributed by atoms with E-state index < -0.39 is 0 Å². The number of halogens is 1. The Hall–Kier alpha value is -1.40. The van der Waals surface area contributed by atoms with E-state index in [4.69, 9.17) is 5.26 Å². The van der Waals surface area contributed by atoms with E-state index in [-0.39, 0.29) is 5.82 Å². The van der Waals surface area contributed by atoms with Crippen molar-refractivity contribution in [3.05, 3.63) is 35.1 Å². The lowest BCUT2D eigenvalue weighted by Crippen LogP contribution is -2.27. The van der Waals surface area contributed by atoms with Gasteiger partial charge < -0.3 is 5.32 Å². The monoisotopic (exact) mass is 234 g/mol. The van der Waals surface area contributed by atoms with Crippen LogP contribution in [0.3, 0.4) is 0 Å². The quantitative estimate of drug-likeness (QED) is 0.819. The van der Waals surface area contributed by atoms with E-state index in [1.165, 1.54) is 12.1 Å². The second-order valence-electron chi connectivity index (χ2n) is 4.23. The largest absolute Gasteiger partial charge is 0.310 e. The van der Waals surface area contributed by atoms with Crippen molar-refractivity contribution >= 4 is 0 Å². The van der Waals surface area contributed by atoms with Crippen LogP contribution in [0.2, 0.25) is 0 Å². The molecule has 0 aromatic heterocycles. The van der Waals surface area contributed by atoms with Crippen LogP contribution in [0.5, 0.6) is 0 Å². The molecule has 0 radical (unpaired) electrons. The van der Waals surface area contributed by atoms with Gasteiger partial charge in [-0.3, -0.25) is 0 Å². The Morgan fingerprint density at radius 3 is 2.71 bits per heavy atom. The third-order valence-corrected chi connectivity index (χ3v) is 2.81. The molecule has 1 atom stereocenters. The number of hydrogen-bond acceptors (Lipinski definition) is 2. The summed E-state index contributed by atoms with van der Waals surface area (Å²) in [5.41, 5.74) is 1.21. The zero-order valence-corrected chi connectivity index (χ0v) is 10.5. The number of nitrogens with one attached hydrogen (secondary N) is 1. The topological polar surface area (TPSA) is 35.8 Å². The summed E-state index contributed by atoms with van der Waals surface area (Å²) >= 11 is 0. The van der Waals surface area contributed by atoms with E-state index in [1.54, 1.807) is 6.07 Å². The fraction of sp³-hybridized carbons (Fsp3) is 0.500. The molecule has 1 rings (SSSR count). The molecule has 0 amide bonds. The van der Waals surface area contributed by atoms with Crippen LogP contribution >= 0.6 is 0 Å². The summed E-state index contributed by atoms with van der Waals surface area (Å²) in [6.07, 6.45) is 3.32. The number of nitriles is 1. The smallest absolute Gasteiger partial charge is 0.124 e. The van der Waals surface area contributed by atoms with Gasteiger partial charge in [-0.1, -0.05) is 20.3 Å². The van der Waals surface area contributed by atoms with Gasteiger partial charge in [0.15, 0.2) is 0 Å². The molecular formula is C14H19FN2. The van der Waals surface area contributed by atoms with Gasteiger partial charge in [0.1, 0.15) is 5.82 Å². The third-order valence-electron chi connectivity index (χ3n) is 2.81. The van der Waals surface area contributed by atoms with Gasteiger partial charge in [-0.15, -0.1) is 0 Å². The standard InChI is InChI=1S/C14H19FN2/c1-3-5-14(4-2)17-10-12-6-11(9-16)7-13(15)8-12/h6-8,14,17H,3-5,10H2,1-2H3. The molecule has 0 fully saturated rings. The van der Waals surface area contributed by atoms with Crippen LogP contribution in [0.1, 0.15) is 44.2 Å². The van der Waals surface area contributed by atoms with Crippen molar-refractivity contribution < 1.29 is 4.39 Å².